The van der Waals surface area contributed by atoms with Crippen molar-refractivity contribution < 1.29 is 14.6 Å². The van der Waals surface area contributed by atoms with Crippen molar-refractivity contribution in [1.29, 1.82) is 0 Å². The lowest BCUT2D eigenvalue weighted by Gasteiger charge is -2.45. The van der Waals surface area contributed by atoms with E-state index in [4.69, 9.17) is 4.74 Å². The van der Waals surface area contributed by atoms with Crippen LogP contribution in [0.5, 0.6) is 0 Å². The summed E-state index contributed by atoms with van der Waals surface area (Å²) < 4.78 is 5.55. The van der Waals surface area contributed by atoms with Gasteiger partial charge in [0.05, 0.1) is 18.3 Å². The van der Waals surface area contributed by atoms with Gasteiger partial charge in [-0.05, 0) is 61.0 Å². The highest BCUT2D eigenvalue weighted by Gasteiger charge is 2.52. The van der Waals surface area contributed by atoms with Gasteiger partial charge < -0.3 is 9.84 Å². The third-order valence-electron chi connectivity index (χ3n) is 6.34. The molecule has 0 aliphatic heterocycles. The summed E-state index contributed by atoms with van der Waals surface area (Å²) in [5.74, 6) is 1.06. The number of aliphatic hydroxyl groups excluding tert-OH is 1. The Hall–Kier alpha value is -1.35. The fourth-order valence-electron chi connectivity index (χ4n) is 5.10. The topological polar surface area (TPSA) is 46.5 Å². The Morgan fingerprint density at radius 1 is 1.30 bits per heavy atom. The normalized spacial score (nSPS) is 34.7. The molecule has 2 aliphatic carbocycles. The van der Waals surface area contributed by atoms with E-state index in [2.05, 4.69) is 13.8 Å². The van der Waals surface area contributed by atoms with Crippen molar-refractivity contribution in [1.82, 2.24) is 0 Å². The number of aliphatic hydroxyl groups is 1. The van der Waals surface area contributed by atoms with Crippen molar-refractivity contribution in [3.63, 3.8) is 0 Å². The number of hydrogen-bond acceptors (Lipinski definition) is 3. The first-order valence-corrected chi connectivity index (χ1v) is 8.92. The molecule has 0 spiro atoms. The Balaban J connectivity index is 1.60. The Kier molecular flexibility index (Phi) is 4.77. The van der Waals surface area contributed by atoms with Gasteiger partial charge in [0, 0.05) is 0 Å². The summed E-state index contributed by atoms with van der Waals surface area (Å²) in [6, 6.07) is 9.18. The molecular formula is C20H28O3. The predicted molar refractivity (Wildman–Crippen MR) is 90.1 cm³/mol. The molecule has 2 saturated carbocycles. The minimum atomic E-state index is -0.235. The van der Waals surface area contributed by atoms with Gasteiger partial charge in [0.15, 0.2) is 0 Å². The molecule has 3 rings (SSSR count). The van der Waals surface area contributed by atoms with Crippen molar-refractivity contribution >= 4 is 5.97 Å². The second-order valence-corrected chi connectivity index (χ2v) is 7.70. The van der Waals surface area contributed by atoms with Gasteiger partial charge in [0.25, 0.3) is 0 Å². The zero-order valence-electron chi connectivity index (χ0n) is 14.2. The Morgan fingerprint density at radius 2 is 2.04 bits per heavy atom. The molecule has 3 heteroatoms. The molecule has 126 valence electrons. The van der Waals surface area contributed by atoms with Crippen LogP contribution in [0, 0.1) is 23.2 Å². The van der Waals surface area contributed by atoms with Gasteiger partial charge in [-0.15, -0.1) is 0 Å². The van der Waals surface area contributed by atoms with Gasteiger partial charge in [-0.3, -0.25) is 0 Å². The van der Waals surface area contributed by atoms with E-state index in [1.54, 1.807) is 12.1 Å². The van der Waals surface area contributed by atoms with Crippen molar-refractivity contribution in [2.45, 2.75) is 52.1 Å². The largest absolute Gasteiger partial charge is 0.462 e. The van der Waals surface area contributed by atoms with E-state index in [9.17, 15) is 9.90 Å². The summed E-state index contributed by atoms with van der Waals surface area (Å²) >= 11 is 0. The number of fused-ring (bicyclic) bond motifs is 1. The summed E-state index contributed by atoms with van der Waals surface area (Å²) in [5, 5.41) is 10.3. The van der Waals surface area contributed by atoms with Crippen LogP contribution in [0.15, 0.2) is 30.3 Å². The maximum Gasteiger partial charge on any atom is 0.338 e. The molecule has 0 heterocycles. The Labute approximate surface area is 139 Å². The minimum Gasteiger partial charge on any atom is -0.462 e. The molecule has 1 aromatic carbocycles. The van der Waals surface area contributed by atoms with E-state index in [-0.39, 0.29) is 17.5 Å². The number of ether oxygens (including phenoxy) is 1. The standard InChI is InChI=1S/C20H28O3/c1-14(13-23-19(22)15-7-4-3-5-8-15)16-10-11-17-18(21)9-6-12-20(16,17)2/h3-5,7-8,14,16-18,21H,6,9-13H2,1-2H3/t14-,16-,17+,18?,20?/m1/s1. The fraction of sp³-hybridized carbons (Fsp3) is 0.650. The highest BCUT2D eigenvalue weighted by Crippen LogP contribution is 2.57. The van der Waals surface area contributed by atoms with E-state index < -0.39 is 0 Å². The lowest BCUT2D eigenvalue weighted by Crippen LogP contribution is -2.42. The van der Waals surface area contributed by atoms with Crippen LogP contribution in [0.1, 0.15) is 56.3 Å². The number of esters is 1. The van der Waals surface area contributed by atoms with Crippen molar-refractivity contribution in [3.05, 3.63) is 35.9 Å². The highest BCUT2D eigenvalue weighted by molar-refractivity contribution is 5.89. The zero-order chi connectivity index (χ0) is 16.4. The molecule has 2 fully saturated rings. The Morgan fingerprint density at radius 3 is 2.78 bits per heavy atom. The lowest BCUT2D eigenvalue weighted by molar-refractivity contribution is -0.0346. The minimum absolute atomic E-state index is 0.141. The number of carbonyl (C=O) groups is 1. The lowest BCUT2D eigenvalue weighted by atomic mass is 9.62. The first-order chi connectivity index (χ1) is 11.0. The molecule has 0 amide bonds. The smallest absolute Gasteiger partial charge is 0.338 e. The molecule has 2 unspecified atom stereocenters. The van der Waals surface area contributed by atoms with Gasteiger partial charge in [-0.1, -0.05) is 38.5 Å². The van der Waals surface area contributed by atoms with Crippen LogP contribution in [0.2, 0.25) is 0 Å². The number of carbonyl (C=O) groups excluding carboxylic acids is 1. The molecule has 1 aromatic rings. The van der Waals surface area contributed by atoms with Crippen LogP contribution in [0.3, 0.4) is 0 Å². The van der Waals surface area contributed by atoms with Crippen LogP contribution in [0.25, 0.3) is 0 Å². The van der Waals surface area contributed by atoms with Crippen LogP contribution in [-0.4, -0.2) is 23.8 Å². The van der Waals surface area contributed by atoms with Gasteiger partial charge >= 0.3 is 5.97 Å². The maximum atomic E-state index is 12.1. The average molecular weight is 316 g/mol. The fourth-order valence-corrected chi connectivity index (χ4v) is 5.10. The average Bonchev–Trinajstić information content (AvgIpc) is 2.91. The third kappa shape index (κ3) is 3.16. The van der Waals surface area contributed by atoms with Crippen molar-refractivity contribution in [2.24, 2.45) is 23.2 Å². The summed E-state index contributed by atoms with van der Waals surface area (Å²) in [6.45, 7) is 5.00. The van der Waals surface area contributed by atoms with Crippen molar-refractivity contribution in [2.75, 3.05) is 6.61 Å². The summed E-state index contributed by atoms with van der Waals surface area (Å²) in [7, 11) is 0. The van der Waals surface area contributed by atoms with E-state index in [0.717, 1.165) is 25.7 Å². The van der Waals surface area contributed by atoms with Crippen LogP contribution in [-0.2, 0) is 4.74 Å². The molecular weight excluding hydrogens is 288 g/mol. The molecule has 0 aromatic heterocycles. The summed E-state index contributed by atoms with van der Waals surface area (Å²) in [6.07, 6.45) is 5.36. The van der Waals surface area contributed by atoms with E-state index in [1.165, 1.54) is 6.42 Å². The number of benzene rings is 1. The summed E-state index contributed by atoms with van der Waals surface area (Å²) in [5.41, 5.74) is 0.819. The van der Waals surface area contributed by atoms with E-state index in [0.29, 0.717) is 29.9 Å². The predicted octanol–water partition coefficient (Wildman–Crippen LogP) is 4.06. The van der Waals surface area contributed by atoms with Crippen LogP contribution in [0.4, 0.5) is 0 Å². The van der Waals surface area contributed by atoms with Crippen LogP contribution < -0.4 is 0 Å². The SMILES string of the molecule is C[C@H](COC(=O)c1ccccc1)[C@H]1CC[C@H]2C(O)CCCC12C. The van der Waals surface area contributed by atoms with Gasteiger partial charge in [-0.25, -0.2) is 4.79 Å². The van der Waals surface area contributed by atoms with E-state index in [1.807, 2.05) is 18.2 Å². The molecule has 0 radical (unpaired) electrons. The number of rotatable bonds is 4. The van der Waals surface area contributed by atoms with Crippen molar-refractivity contribution in [3.8, 4) is 0 Å². The molecule has 0 saturated heterocycles. The van der Waals surface area contributed by atoms with Gasteiger partial charge in [0.2, 0.25) is 0 Å². The van der Waals surface area contributed by atoms with Gasteiger partial charge in [0.1, 0.15) is 0 Å². The molecule has 2 aliphatic rings. The quantitative estimate of drug-likeness (QED) is 0.852. The summed E-state index contributed by atoms with van der Waals surface area (Å²) in [4.78, 5) is 12.1. The second-order valence-electron chi connectivity index (χ2n) is 7.70. The van der Waals surface area contributed by atoms with E-state index >= 15 is 0 Å². The first-order valence-electron chi connectivity index (χ1n) is 8.92. The monoisotopic (exact) mass is 316 g/mol. The molecule has 23 heavy (non-hydrogen) atoms. The molecule has 3 nitrogen and oxygen atoms in total. The first kappa shape index (κ1) is 16.5. The Bertz CT molecular complexity index is 541. The zero-order valence-corrected chi connectivity index (χ0v) is 14.2. The molecule has 0 bridgehead atoms. The maximum absolute atomic E-state index is 12.1. The number of hydrogen-bond donors (Lipinski definition) is 1. The second kappa shape index (κ2) is 6.64. The van der Waals surface area contributed by atoms with Gasteiger partial charge in [-0.2, -0.15) is 0 Å². The molecule has 5 atom stereocenters. The molecule has 1 N–H and O–H groups in total. The highest BCUT2D eigenvalue weighted by atomic mass is 16.5. The van der Waals surface area contributed by atoms with Crippen LogP contribution >= 0.6 is 0 Å². The third-order valence-corrected chi connectivity index (χ3v) is 6.34.